The maximum Gasteiger partial charge on any atom is 0.220 e. The highest BCUT2D eigenvalue weighted by Gasteiger charge is 2.51. The Morgan fingerprint density at radius 2 is 0.863 bits per heavy atom. The van der Waals surface area contributed by atoms with Crippen LogP contribution in [-0.2, 0) is 23.7 Å². The molecule has 9 N–H and O–H groups in total. The van der Waals surface area contributed by atoms with E-state index in [1.165, 1.54) is 173 Å². The Bertz CT molecular complexity index is 1480. The van der Waals surface area contributed by atoms with Gasteiger partial charge in [-0.15, -0.1) is 0 Å². The first-order valence-corrected chi connectivity index (χ1v) is 33.2. The van der Waals surface area contributed by atoms with Crippen LogP contribution in [0.15, 0.2) is 36.5 Å². The van der Waals surface area contributed by atoms with Crippen LogP contribution in [0.5, 0.6) is 0 Å². The lowest BCUT2D eigenvalue weighted by atomic mass is 9.97. The molecule has 2 rings (SSSR count). The van der Waals surface area contributed by atoms with E-state index in [1.54, 1.807) is 0 Å². The summed E-state index contributed by atoms with van der Waals surface area (Å²) in [6.45, 7) is 2.78. The van der Waals surface area contributed by atoms with Gasteiger partial charge in [-0.2, -0.15) is 0 Å². The molecule has 0 aromatic heterocycles. The first-order chi connectivity index (χ1) is 39.1. The highest BCUT2D eigenvalue weighted by atomic mass is 16.7. The molecule has 0 aromatic rings. The number of carbonyl (C=O) groups excluding carboxylic acids is 1. The van der Waals surface area contributed by atoms with E-state index in [0.29, 0.717) is 19.3 Å². The van der Waals surface area contributed by atoms with Crippen LogP contribution in [0, 0.1) is 0 Å². The monoisotopic (exact) mass is 1140 g/mol. The van der Waals surface area contributed by atoms with Crippen LogP contribution in [0.2, 0.25) is 0 Å². The van der Waals surface area contributed by atoms with Gasteiger partial charge in [0.15, 0.2) is 12.6 Å². The van der Waals surface area contributed by atoms with E-state index in [1.807, 2.05) is 0 Å². The zero-order valence-electron chi connectivity index (χ0n) is 50.8. The number of hydrogen-bond acceptors (Lipinski definition) is 13. The average molecular weight is 1140 g/mol. The number of rotatable bonds is 54. The molecule has 0 saturated carbocycles. The second-order valence-electron chi connectivity index (χ2n) is 23.6. The molecule has 0 spiro atoms. The largest absolute Gasteiger partial charge is 0.394 e. The Hall–Kier alpha value is -1.79. The molecule has 2 saturated heterocycles. The molecule has 0 aromatic carbocycles. The summed E-state index contributed by atoms with van der Waals surface area (Å²) in [5, 5.41) is 87.4. The number of ether oxygens (including phenoxy) is 4. The number of aliphatic hydroxyl groups excluding tert-OH is 8. The van der Waals surface area contributed by atoms with E-state index < -0.39 is 86.8 Å². The molecular weight excluding hydrogens is 1010 g/mol. The minimum atomic E-state index is -1.78. The highest BCUT2D eigenvalue weighted by molar-refractivity contribution is 5.76. The summed E-state index contributed by atoms with van der Waals surface area (Å²) < 4.78 is 22.9. The molecule has 2 aliphatic heterocycles. The van der Waals surface area contributed by atoms with Crippen LogP contribution in [0.1, 0.15) is 284 Å². The standard InChI is InChI=1S/C66H123NO13/c1-3-5-7-9-11-13-15-17-19-21-22-23-24-25-26-27-28-29-30-31-32-34-35-37-39-41-43-45-47-49-55(70)54(67-58(71)50-48-46-44-42-40-38-36-33-20-18-16-14-12-10-8-6-4-2)53-77-65-63(76)61(74)64(57(52-69)79-65)80-66-62(75)60(73)59(72)56(51-68)78-66/h6,8,12,14,18,20,54-57,59-66,68-70,72-76H,3-5,7,9-11,13,15-17,19,21-53H2,1-2H3,(H,67,71)/b8-6-,14-12-,20-18-. The summed E-state index contributed by atoms with van der Waals surface area (Å²) in [5.41, 5.74) is 0. The predicted octanol–water partition coefficient (Wildman–Crippen LogP) is 12.6. The summed E-state index contributed by atoms with van der Waals surface area (Å²) in [5.74, 6) is -0.214. The minimum absolute atomic E-state index is 0.214. The van der Waals surface area contributed by atoms with Gasteiger partial charge in [-0.1, -0.05) is 269 Å². The fraction of sp³-hybridized carbons (Fsp3) is 0.894. The van der Waals surface area contributed by atoms with Gasteiger partial charge in [0.05, 0.1) is 32.0 Å². The number of hydrogen-bond donors (Lipinski definition) is 9. The molecule has 0 aliphatic carbocycles. The Balaban J connectivity index is 1.67. The van der Waals surface area contributed by atoms with E-state index in [2.05, 4.69) is 55.6 Å². The molecule has 2 fully saturated rings. The number of nitrogens with one attached hydrogen (secondary N) is 1. The van der Waals surface area contributed by atoms with E-state index in [0.717, 1.165) is 77.0 Å². The van der Waals surface area contributed by atoms with Gasteiger partial charge in [0, 0.05) is 6.42 Å². The maximum absolute atomic E-state index is 13.3. The molecule has 80 heavy (non-hydrogen) atoms. The SMILES string of the molecule is CC/C=C\C/C=C\C/C=C\CCCCCCCCCC(=O)NC(COC1OC(CO)C(OC2OC(CO)C(O)C(O)C2O)C(O)C1O)C(O)CCCCCCCCCCCCCCCCCCCCCCCCCCCCCCC. The molecule has 2 aliphatic rings. The quantitative estimate of drug-likeness (QED) is 0.0204. The fourth-order valence-electron chi connectivity index (χ4n) is 11.1. The van der Waals surface area contributed by atoms with Gasteiger partial charge in [0.25, 0.3) is 0 Å². The molecule has 14 nitrogen and oxygen atoms in total. The van der Waals surface area contributed by atoms with E-state index in [9.17, 15) is 45.6 Å². The van der Waals surface area contributed by atoms with E-state index in [4.69, 9.17) is 18.9 Å². The number of amides is 1. The van der Waals surface area contributed by atoms with Crippen LogP contribution in [0.25, 0.3) is 0 Å². The zero-order chi connectivity index (χ0) is 58.1. The Morgan fingerprint density at radius 3 is 1.32 bits per heavy atom. The lowest BCUT2D eigenvalue weighted by Crippen LogP contribution is -2.65. The smallest absolute Gasteiger partial charge is 0.220 e. The van der Waals surface area contributed by atoms with Gasteiger partial charge in [0.1, 0.15) is 48.8 Å². The first-order valence-electron chi connectivity index (χ1n) is 33.2. The number of carbonyl (C=O) groups is 1. The van der Waals surface area contributed by atoms with Crippen LogP contribution >= 0.6 is 0 Å². The van der Waals surface area contributed by atoms with Crippen molar-refractivity contribution < 1.29 is 64.6 Å². The normalized spacial score (nSPS) is 24.4. The van der Waals surface area contributed by atoms with Crippen molar-refractivity contribution in [2.45, 2.75) is 357 Å². The van der Waals surface area contributed by atoms with Crippen molar-refractivity contribution in [3.8, 4) is 0 Å². The fourth-order valence-corrected chi connectivity index (χ4v) is 11.1. The molecule has 12 unspecified atom stereocenters. The maximum atomic E-state index is 13.3. The summed E-state index contributed by atoms with van der Waals surface area (Å²) in [6.07, 6.45) is 47.3. The highest BCUT2D eigenvalue weighted by Crippen LogP contribution is 2.30. The van der Waals surface area contributed by atoms with Crippen molar-refractivity contribution >= 4 is 5.91 Å². The third kappa shape index (κ3) is 36.1. The molecule has 0 radical (unpaired) electrons. The van der Waals surface area contributed by atoms with Gasteiger partial charge in [0.2, 0.25) is 5.91 Å². The molecule has 1 amide bonds. The van der Waals surface area contributed by atoms with Gasteiger partial charge in [-0.25, -0.2) is 0 Å². The molecule has 470 valence electrons. The van der Waals surface area contributed by atoms with Crippen LogP contribution in [0.4, 0.5) is 0 Å². The lowest BCUT2D eigenvalue weighted by Gasteiger charge is -2.46. The minimum Gasteiger partial charge on any atom is -0.394 e. The summed E-state index contributed by atoms with van der Waals surface area (Å²) >= 11 is 0. The number of allylic oxidation sites excluding steroid dienone is 6. The topological polar surface area (TPSA) is 228 Å². The Morgan fingerprint density at radius 1 is 0.463 bits per heavy atom. The van der Waals surface area contributed by atoms with Crippen LogP contribution < -0.4 is 5.32 Å². The predicted molar refractivity (Wildman–Crippen MR) is 323 cm³/mol. The van der Waals surface area contributed by atoms with Crippen molar-refractivity contribution in [3.05, 3.63) is 36.5 Å². The summed E-state index contributed by atoms with van der Waals surface area (Å²) in [6, 6.07) is -0.835. The molecule has 2 heterocycles. The molecule has 14 heteroatoms. The Kier molecular flexibility index (Phi) is 47.9. The number of unbranched alkanes of at least 4 members (excludes halogenated alkanes) is 35. The van der Waals surface area contributed by atoms with Gasteiger partial charge in [-0.3, -0.25) is 4.79 Å². The van der Waals surface area contributed by atoms with Gasteiger partial charge >= 0.3 is 0 Å². The number of aliphatic hydroxyl groups is 8. The second kappa shape index (κ2) is 51.6. The first kappa shape index (κ1) is 74.3. The zero-order valence-corrected chi connectivity index (χ0v) is 50.8. The molecular formula is C66H123NO13. The Labute approximate surface area is 487 Å². The lowest BCUT2D eigenvalue weighted by molar-refractivity contribution is -0.359. The van der Waals surface area contributed by atoms with Gasteiger partial charge in [-0.05, 0) is 44.9 Å². The van der Waals surface area contributed by atoms with Crippen molar-refractivity contribution in [2.24, 2.45) is 0 Å². The van der Waals surface area contributed by atoms with Gasteiger partial charge < -0.3 is 65.1 Å². The average Bonchev–Trinajstić information content (AvgIpc) is 3.49. The van der Waals surface area contributed by atoms with E-state index in [-0.39, 0.29) is 12.5 Å². The molecule has 0 bridgehead atoms. The van der Waals surface area contributed by atoms with Crippen LogP contribution in [0.3, 0.4) is 0 Å². The van der Waals surface area contributed by atoms with Crippen molar-refractivity contribution in [2.75, 3.05) is 19.8 Å². The van der Waals surface area contributed by atoms with E-state index >= 15 is 0 Å². The summed E-state index contributed by atoms with van der Waals surface area (Å²) in [4.78, 5) is 13.3. The second-order valence-corrected chi connectivity index (χ2v) is 23.6. The van der Waals surface area contributed by atoms with Crippen molar-refractivity contribution in [3.63, 3.8) is 0 Å². The third-order valence-electron chi connectivity index (χ3n) is 16.4. The van der Waals surface area contributed by atoms with Crippen molar-refractivity contribution in [1.29, 1.82) is 0 Å². The molecule has 12 atom stereocenters. The third-order valence-corrected chi connectivity index (χ3v) is 16.4. The van der Waals surface area contributed by atoms with Crippen LogP contribution in [-0.4, -0.2) is 140 Å². The van der Waals surface area contributed by atoms with Crippen molar-refractivity contribution in [1.82, 2.24) is 5.32 Å². The summed E-state index contributed by atoms with van der Waals surface area (Å²) in [7, 11) is 0.